The van der Waals surface area contributed by atoms with E-state index < -0.39 is 0 Å². The monoisotopic (exact) mass is 335 g/mol. The fraction of sp³-hybridized carbons (Fsp3) is 0.333. The van der Waals surface area contributed by atoms with Crippen LogP contribution in [0.25, 0.3) is 5.65 Å². The number of nitrogens with zero attached hydrogens (tertiary/aromatic N) is 2. The number of nitrogens with one attached hydrogen (secondary N) is 1. The summed E-state index contributed by atoms with van der Waals surface area (Å²) in [5, 5.41) is 3.00. The van der Waals surface area contributed by atoms with Crippen LogP contribution in [0.1, 0.15) is 48.1 Å². The van der Waals surface area contributed by atoms with Crippen LogP contribution in [0.4, 0.5) is 0 Å². The minimum absolute atomic E-state index is 0.0187. The van der Waals surface area contributed by atoms with Crippen LogP contribution in [0, 0.1) is 13.8 Å². The highest BCUT2D eigenvalue weighted by Gasteiger charge is 2.23. The second kappa shape index (κ2) is 7.51. The molecule has 0 aliphatic rings. The minimum atomic E-state index is -0.0187. The van der Waals surface area contributed by atoms with Crippen molar-refractivity contribution in [2.45, 2.75) is 39.5 Å². The Morgan fingerprint density at radius 1 is 1.16 bits per heavy atom. The molecule has 0 aliphatic carbocycles. The summed E-state index contributed by atoms with van der Waals surface area (Å²) < 4.78 is 2.11. The number of carbonyl (C=O) groups is 1. The summed E-state index contributed by atoms with van der Waals surface area (Å²) in [6.45, 7) is 6.93. The molecule has 0 aliphatic heterocycles. The molecule has 0 fully saturated rings. The first-order valence-corrected chi connectivity index (χ1v) is 8.86. The highest BCUT2D eigenvalue weighted by atomic mass is 16.1. The number of fused-ring (bicyclic) bond motifs is 1. The molecule has 1 unspecified atom stereocenters. The van der Waals surface area contributed by atoms with Crippen molar-refractivity contribution in [3.05, 3.63) is 71.2 Å². The molecule has 4 heteroatoms. The summed E-state index contributed by atoms with van der Waals surface area (Å²) in [6.07, 6.45) is 5.30. The van der Waals surface area contributed by atoms with Crippen LogP contribution in [0.3, 0.4) is 0 Å². The minimum Gasteiger partial charge on any atom is -0.356 e. The van der Waals surface area contributed by atoms with E-state index in [1.54, 1.807) is 0 Å². The van der Waals surface area contributed by atoms with Crippen molar-refractivity contribution in [2.24, 2.45) is 0 Å². The van der Waals surface area contributed by atoms with Gasteiger partial charge in [-0.1, -0.05) is 37.3 Å². The van der Waals surface area contributed by atoms with Gasteiger partial charge in [0.15, 0.2) is 0 Å². The van der Waals surface area contributed by atoms with E-state index >= 15 is 0 Å². The van der Waals surface area contributed by atoms with Gasteiger partial charge in [0.05, 0.1) is 5.69 Å². The van der Waals surface area contributed by atoms with Gasteiger partial charge in [-0.3, -0.25) is 4.79 Å². The Labute approximate surface area is 148 Å². The molecule has 0 spiro atoms. The predicted octanol–water partition coefficient (Wildman–Crippen LogP) is 4.00. The maximum Gasteiger partial charge on any atom is 0.221 e. The van der Waals surface area contributed by atoms with E-state index in [9.17, 15) is 4.79 Å². The number of aromatic nitrogens is 2. The molecule has 130 valence electrons. The van der Waals surface area contributed by atoms with Gasteiger partial charge in [0.2, 0.25) is 5.91 Å². The van der Waals surface area contributed by atoms with E-state index in [1.165, 1.54) is 11.1 Å². The highest BCUT2D eigenvalue weighted by molar-refractivity contribution is 5.77. The molecule has 0 saturated heterocycles. The molecule has 3 aromatic rings. The molecule has 2 aromatic heterocycles. The first kappa shape index (κ1) is 17.2. The highest BCUT2D eigenvalue weighted by Crippen LogP contribution is 2.31. The summed E-state index contributed by atoms with van der Waals surface area (Å²) in [7, 11) is 0. The van der Waals surface area contributed by atoms with Gasteiger partial charge in [-0.2, -0.15) is 0 Å². The Kier molecular flexibility index (Phi) is 5.17. The average Bonchev–Trinajstić information content (AvgIpc) is 3.04. The second-order valence-corrected chi connectivity index (χ2v) is 6.53. The fourth-order valence-corrected chi connectivity index (χ4v) is 3.30. The van der Waals surface area contributed by atoms with Crippen molar-refractivity contribution in [1.82, 2.24) is 14.7 Å². The molecule has 0 bridgehead atoms. The van der Waals surface area contributed by atoms with Crippen LogP contribution in [0.5, 0.6) is 0 Å². The van der Waals surface area contributed by atoms with Crippen molar-refractivity contribution >= 4 is 11.6 Å². The number of benzene rings is 1. The number of rotatable bonds is 6. The number of aryl methyl sites for hydroxylation is 2. The largest absolute Gasteiger partial charge is 0.356 e. The summed E-state index contributed by atoms with van der Waals surface area (Å²) in [4.78, 5) is 17.0. The normalized spacial score (nSPS) is 12.3. The van der Waals surface area contributed by atoms with Crippen molar-refractivity contribution in [3.8, 4) is 0 Å². The van der Waals surface area contributed by atoms with Gasteiger partial charge in [-0.05, 0) is 43.0 Å². The first-order valence-electron chi connectivity index (χ1n) is 8.86. The number of amides is 1. The standard InChI is InChI=1S/C21H25N3O/c1-4-11-22-20(25)13-18(17-10-6-5-8-15(17)2)19-14-23-21-16(3)9-7-12-24(19)21/h5-10,12,14,18H,4,11,13H2,1-3H3,(H,22,25). The Morgan fingerprint density at radius 3 is 2.68 bits per heavy atom. The molecule has 3 rings (SSSR count). The number of carbonyl (C=O) groups excluding carboxylic acids is 1. The molecule has 1 amide bonds. The van der Waals surface area contributed by atoms with Crippen LogP contribution in [-0.4, -0.2) is 21.8 Å². The molecular formula is C21H25N3O. The molecule has 2 heterocycles. The summed E-state index contributed by atoms with van der Waals surface area (Å²) in [5.74, 6) is 0.0626. The summed E-state index contributed by atoms with van der Waals surface area (Å²) >= 11 is 0. The van der Waals surface area contributed by atoms with E-state index in [1.807, 2.05) is 30.6 Å². The predicted molar refractivity (Wildman–Crippen MR) is 101 cm³/mol. The van der Waals surface area contributed by atoms with Crippen LogP contribution >= 0.6 is 0 Å². The molecule has 0 saturated carbocycles. The lowest BCUT2D eigenvalue weighted by atomic mass is 9.89. The number of hydrogen-bond acceptors (Lipinski definition) is 2. The first-order chi connectivity index (χ1) is 12.1. The fourth-order valence-electron chi connectivity index (χ4n) is 3.30. The third-order valence-corrected chi connectivity index (χ3v) is 4.64. The zero-order valence-electron chi connectivity index (χ0n) is 15.1. The third-order valence-electron chi connectivity index (χ3n) is 4.64. The van der Waals surface area contributed by atoms with E-state index in [-0.39, 0.29) is 11.8 Å². The van der Waals surface area contributed by atoms with Crippen molar-refractivity contribution in [3.63, 3.8) is 0 Å². The van der Waals surface area contributed by atoms with Gasteiger partial charge in [0.25, 0.3) is 0 Å². The van der Waals surface area contributed by atoms with Crippen LogP contribution < -0.4 is 5.32 Å². The maximum atomic E-state index is 12.5. The topological polar surface area (TPSA) is 46.4 Å². The zero-order valence-corrected chi connectivity index (χ0v) is 15.1. The molecule has 1 N–H and O–H groups in total. The smallest absolute Gasteiger partial charge is 0.221 e. The van der Waals surface area contributed by atoms with Crippen molar-refractivity contribution in [2.75, 3.05) is 6.54 Å². The molecule has 1 atom stereocenters. The summed E-state index contributed by atoms with van der Waals surface area (Å²) in [6, 6.07) is 12.4. The van der Waals surface area contributed by atoms with Gasteiger partial charge in [-0.15, -0.1) is 0 Å². The van der Waals surface area contributed by atoms with Gasteiger partial charge in [0, 0.05) is 31.3 Å². The molecule has 25 heavy (non-hydrogen) atoms. The number of hydrogen-bond donors (Lipinski definition) is 1. The van der Waals surface area contributed by atoms with Gasteiger partial charge >= 0.3 is 0 Å². The maximum absolute atomic E-state index is 12.5. The average molecular weight is 335 g/mol. The van der Waals surface area contributed by atoms with Crippen LogP contribution in [0.2, 0.25) is 0 Å². The number of pyridine rings is 1. The lowest BCUT2D eigenvalue weighted by Crippen LogP contribution is -2.26. The Bertz CT molecular complexity index is 882. The SMILES string of the molecule is CCCNC(=O)CC(c1ccccc1C)c1cnc2c(C)cccn12. The zero-order chi connectivity index (χ0) is 17.8. The quantitative estimate of drug-likeness (QED) is 0.740. The van der Waals surface area contributed by atoms with Gasteiger partial charge in [-0.25, -0.2) is 4.98 Å². The third kappa shape index (κ3) is 3.58. The van der Waals surface area contributed by atoms with Gasteiger partial charge < -0.3 is 9.72 Å². The molecule has 1 aromatic carbocycles. The Morgan fingerprint density at radius 2 is 1.92 bits per heavy atom. The molecule has 0 radical (unpaired) electrons. The van der Waals surface area contributed by atoms with Crippen molar-refractivity contribution in [1.29, 1.82) is 0 Å². The van der Waals surface area contributed by atoms with E-state index in [2.05, 4.69) is 53.7 Å². The molecular weight excluding hydrogens is 310 g/mol. The lowest BCUT2D eigenvalue weighted by molar-refractivity contribution is -0.121. The van der Waals surface area contributed by atoms with Crippen molar-refractivity contribution < 1.29 is 4.79 Å². The van der Waals surface area contributed by atoms with Gasteiger partial charge in [0.1, 0.15) is 5.65 Å². The number of imidazole rings is 1. The van der Waals surface area contributed by atoms with E-state index in [4.69, 9.17) is 0 Å². The lowest BCUT2D eigenvalue weighted by Gasteiger charge is -2.19. The second-order valence-electron chi connectivity index (χ2n) is 6.53. The van der Waals surface area contributed by atoms with E-state index in [0.29, 0.717) is 13.0 Å². The summed E-state index contributed by atoms with van der Waals surface area (Å²) in [5.41, 5.74) is 5.51. The van der Waals surface area contributed by atoms with Crippen LogP contribution in [-0.2, 0) is 4.79 Å². The van der Waals surface area contributed by atoms with Crippen LogP contribution in [0.15, 0.2) is 48.8 Å². The molecule has 4 nitrogen and oxygen atoms in total. The Balaban J connectivity index is 2.05. The Hall–Kier alpha value is -2.62. The van der Waals surface area contributed by atoms with E-state index in [0.717, 1.165) is 23.3 Å².